The van der Waals surface area contributed by atoms with Gasteiger partial charge in [-0.2, -0.15) is 0 Å². The molecule has 120 valence electrons. The van der Waals surface area contributed by atoms with Crippen LogP contribution in [0.1, 0.15) is 12.0 Å². The van der Waals surface area contributed by atoms with Gasteiger partial charge < -0.3 is 14.2 Å². The summed E-state index contributed by atoms with van der Waals surface area (Å²) in [5.74, 6) is -2.11. The summed E-state index contributed by atoms with van der Waals surface area (Å²) in [6, 6.07) is 10.1. The first-order valence-electron chi connectivity index (χ1n) is 7.11. The molecule has 0 bridgehead atoms. The highest BCUT2D eigenvalue weighted by Crippen LogP contribution is 2.09. The Hall–Kier alpha value is -2.14. The van der Waals surface area contributed by atoms with Crippen molar-refractivity contribution in [3.05, 3.63) is 48.0 Å². The highest BCUT2D eigenvalue weighted by Gasteiger charge is 2.26. The van der Waals surface area contributed by atoms with E-state index >= 15 is 0 Å². The van der Waals surface area contributed by atoms with E-state index in [-0.39, 0.29) is 6.42 Å². The maximum atomic E-state index is 11.4. The van der Waals surface area contributed by atoms with Crippen LogP contribution in [0.2, 0.25) is 0 Å². The van der Waals surface area contributed by atoms with Crippen molar-refractivity contribution >= 4 is 11.9 Å². The Morgan fingerprint density at radius 2 is 1.68 bits per heavy atom. The molecule has 0 N–H and O–H groups in total. The predicted molar refractivity (Wildman–Crippen MR) is 82.2 cm³/mol. The Bertz CT molecular complexity index is 465. The van der Waals surface area contributed by atoms with E-state index < -0.39 is 17.9 Å². The molecule has 0 heterocycles. The van der Waals surface area contributed by atoms with Crippen LogP contribution < -0.4 is 0 Å². The van der Waals surface area contributed by atoms with Crippen molar-refractivity contribution in [3.8, 4) is 0 Å². The minimum absolute atomic E-state index is 0.237. The average Bonchev–Trinajstić information content (AvgIpc) is 2.57. The molecule has 0 spiro atoms. The maximum absolute atomic E-state index is 11.4. The van der Waals surface area contributed by atoms with Gasteiger partial charge in [-0.3, -0.25) is 9.59 Å². The van der Waals surface area contributed by atoms with Gasteiger partial charge in [-0.25, -0.2) is 0 Å². The van der Waals surface area contributed by atoms with Crippen molar-refractivity contribution in [2.24, 2.45) is 5.92 Å². The Morgan fingerprint density at radius 3 is 2.27 bits per heavy atom. The largest absolute Gasteiger partial charge is 0.468 e. The zero-order valence-corrected chi connectivity index (χ0v) is 13.0. The zero-order valence-electron chi connectivity index (χ0n) is 13.0. The maximum Gasteiger partial charge on any atom is 0.320 e. The van der Waals surface area contributed by atoms with Crippen molar-refractivity contribution in [2.45, 2.75) is 12.8 Å². The van der Waals surface area contributed by atoms with Gasteiger partial charge in [0.15, 0.2) is 5.92 Å². The van der Waals surface area contributed by atoms with E-state index in [1.54, 1.807) is 12.2 Å². The SMILES string of the molecule is COC(=O)C(C/C=C/COCCc1ccccc1)C(=O)OC. The number of rotatable bonds is 9. The molecule has 0 aliphatic heterocycles. The highest BCUT2D eigenvalue weighted by molar-refractivity contribution is 5.94. The molecule has 0 radical (unpaired) electrons. The molecule has 1 aromatic carbocycles. The second kappa shape index (κ2) is 10.6. The number of methoxy groups -OCH3 is 2. The molecule has 1 aromatic rings. The summed E-state index contributed by atoms with van der Waals surface area (Å²) in [5, 5.41) is 0. The van der Waals surface area contributed by atoms with E-state index in [4.69, 9.17) is 4.74 Å². The fourth-order valence-electron chi connectivity index (χ4n) is 1.86. The van der Waals surface area contributed by atoms with Crippen molar-refractivity contribution in [2.75, 3.05) is 27.4 Å². The fourth-order valence-corrected chi connectivity index (χ4v) is 1.86. The van der Waals surface area contributed by atoms with Crippen molar-refractivity contribution in [1.29, 1.82) is 0 Å². The first-order chi connectivity index (χ1) is 10.7. The van der Waals surface area contributed by atoms with Crippen molar-refractivity contribution < 1.29 is 23.8 Å². The van der Waals surface area contributed by atoms with Gasteiger partial charge >= 0.3 is 11.9 Å². The molecule has 0 saturated heterocycles. The number of allylic oxidation sites excluding steroid dienone is 1. The third-order valence-corrected chi connectivity index (χ3v) is 3.10. The summed E-state index contributed by atoms with van der Waals surface area (Å²) in [5.41, 5.74) is 1.22. The molecular weight excluding hydrogens is 284 g/mol. The van der Waals surface area contributed by atoms with Crippen LogP contribution in [0, 0.1) is 5.92 Å². The monoisotopic (exact) mass is 306 g/mol. The highest BCUT2D eigenvalue weighted by atomic mass is 16.5. The third kappa shape index (κ3) is 6.54. The number of benzene rings is 1. The molecule has 5 nitrogen and oxygen atoms in total. The molecule has 0 atom stereocenters. The predicted octanol–water partition coefficient (Wildman–Crippen LogP) is 2.15. The van der Waals surface area contributed by atoms with E-state index in [1.165, 1.54) is 19.8 Å². The Kier molecular flexibility index (Phi) is 8.60. The molecule has 0 amide bonds. The van der Waals surface area contributed by atoms with Gasteiger partial charge in [0, 0.05) is 0 Å². The summed E-state index contributed by atoms with van der Waals surface area (Å²) in [7, 11) is 2.49. The lowest BCUT2D eigenvalue weighted by Gasteiger charge is -2.09. The normalized spacial score (nSPS) is 10.9. The quantitative estimate of drug-likeness (QED) is 0.303. The molecule has 0 aliphatic rings. The number of hydrogen-bond acceptors (Lipinski definition) is 5. The van der Waals surface area contributed by atoms with Crippen LogP contribution in [0.3, 0.4) is 0 Å². The summed E-state index contributed by atoms with van der Waals surface area (Å²) >= 11 is 0. The summed E-state index contributed by atoms with van der Waals surface area (Å²) < 4.78 is 14.6. The minimum atomic E-state index is -0.921. The molecule has 0 saturated carbocycles. The van der Waals surface area contributed by atoms with E-state index in [0.717, 1.165) is 6.42 Å². The van der Waals surface area contributed by atoms with Crippen molar-refractivity contribution in [3.63, 3.8) is 0 Å². The number of carbonyl (C=O) groups excluding carboxylic acids is 2. The summed E-state index contributed by atoms with van der Waals surface area (Å²) in [4.78, 5) is 22.9. The lowest BCUT2D eigenvalue weighted by atomic mass is 10.1. The number of hydrogen-bond donors (Lipinski definition) is 0. The second-order valence-corrected chi connectivity index (χ2v) is 4.62. The van der Waals surface area contributed by atoms with Gasteiger partial charge in [-0.05, 0) is 18.4 Å². The summed E-state index contributed by atoms with van der Waals surface area (Å²) in [6.07, 6.45) is 4.59. The summed E-state index contributed by atoms with van der Waals surface area (Å²) in [6.45, 7) is 1.05. The standard InChI is InChI=1S/C17H22O5/c1-20-16(18)15(17(19)21-2)10-6-7-12-22-13-11-14-8-4-3-5-9-14/h3-9,15H,10-13H2,1-2H3/b7-6+. The van der Waals surface area contributed by atoms with Crippen LogP contribution in [0.4, 0.5) is 0 Å². The molecule has 0 aromatic heterocycles. The van der Waals surface area contributed by atoms with Crippen LogP contribution in [0.15, 0.2) is 42.5 Å². The van der Waals surface area contributed by atoms with Gasteiger partial charge in [0.1, 0.15) is 0 Å². The Morgan fingerprint density at radius 1 is 1.05 bits per heavy atom. The smallest absolute Gasteiger partial charge is 0.320 e. The van der Waals surface area contributed by atoms with E-state index in [1.807, 2.05) is 18.2 Å². The molecule has 0 fully saturated rings. The van der Waals surface area contributed by atoms with Gasteiger partial charge in [-0.15, -0.1) is 0 Å². The molecule has 0 unspecified atom stereocenters. The van der Waals surface area contributed by atoms with Gasteiger partial charge in [-0.1, -0.05) is 42.5 Å². The molecule has 5 heteroatoms. The minimum Gasteiger partial charge on any atom is -0.468 e. The first-order valence-corrected chi connectivity index (χ1v) is 7.11. The lowest BCUT2D eigenvalue weighted by Crippen LogP contribution is -2.25. The van der Waals surface area contributed by atoms with Crippen molar-refractivity contribution in [1.82, 2.24) is 0 Å². The van der Waals surface area contributed by atoms with Crippen LogP contribution in [0.5, 0.6) is 0 Å². The number of ether oxygens (including phenoxy) is 3. The van der Waals surface area contributed by atoms with Crippen LogP contribution in [-0.2, 0) is 30.2 Å². The topological polar surface area (TPSA) is 61.8 Å². The van der Waals surface area contributed by atoms with Gasteiger partial charge in [0.2, 0.25) is 0 Å². The fraction of sp³-hybridized carbons (Fsp3) is 0.412. The number of carbonyl (C=O) groups is 2. The number of esters is 2. The van der Waals surface area contributed by atoms with E-state index in [9.17, 15) is 9.59 Å². The van der Waals surface area contributed by atoms with E-state index in [2.05, 4.69) is 21.6 Å². The molecule has 0 aliphatic carbocycles. The van der Waals surface area contributed by atoms with Crippen LogP contribution in [-0.4, -0.2) is 39.4 Å². The Balaban J connectivity index is 2.24. The first kappa shape index (κ1) is 17.9. The molecule has 1 rings (SSSR count). The molecule has 22 heavy (non-hydrogen) atoms. The lowest BCUT2D eigenvalue weighted by molar-refractivity contribution is -0.158. The van der Waals surface area contributed by atoms with Crippen LogP contribution in [0.25, 0.3) is 0 Å². The second-order valence-electron chi connectivity index (χ2n) is 4.62. The van der Waals surface area contributed by atoms with Gasteiger partial charge in [0.05, 0.1) is 27.4 Å². The third-order valence-electron chi connectivity index (χ3n) is 3.10. The zero-order chi connectivity index (χ0) is 16.2. The average molecular weight is 306 g/mol. The van der Waals surface area contributed by atoms with Crippen LogP contribution >= 0.6 is 0 Å². The molecular formula is C17H22O5. The Labute approximate surface area is 130 Å². The van der Waals surface area contributed by atoms with Gasteiger partial charge in [0.25, 0.3) is 0 Å². The van der Waals surface area contributed by atoms with E-state index in [0.29, 0.717) is 13.2 Å².